The van der Waals surface area contributed by atoms with E-state index in [9.17, 15) is 9.59 Å². The van der Waals surface area contributed by atoms with Crippen molar-refractivity contribution in [1.29, 1.82) is 0 Å². The van der Waals surface area contributed by atoms with E-state index < -0.39 is 5.97 Å². The van der Waals surface area contributed by atoms with E-state index in [1.807, 2.05) is 6.92 Å². The smallest absolute Gasteiger partial charge is 0.335 e. The molecule has 1 saturated carbocycles. The summed E-state index contributed by atoms with van der Waals surface area (Å²) in [7, 11) is 0. The lowest BCUT2D eigenvalue weighted by Gasteiger charge is -2.31. The van der Waals surface area contributed by atoms with E-state index in [2.05, 4.69) is 5.32 Å². The maximum absolute atomic E-state index is 12.2. The fourth-order valence-corrected chi connectivity index (χ4v) is 2.51. The van der Waals surface area contributed by atoms with Crippen molar-refractivity contribution in [2.45, 2.75) is 26.2 Å². The quantitative estimate of drug-likeness (QED) is 0.871. The van der Waals surface area contributed by atoms with Gasteiger partial charge in [-0.25, -0.2) is 9.59 Å². The van der Waals surface area contributed by atoms with Crippen molar-refractivity contribution in [1.82, 2.24) is 4.90 Å². The lowest BCUT2D eigenvalue weighted by molar-refractivity contribution is 0.0697. The zero-order chi connectivity index (χ0) is 15.4. The van der Waals surface area contributed by atoms with Crippen LogP contribution in [-0.2, 0) is 0 Å². The molecule has 0 saturated heterocycles. The zero-order valence-corrected chi connectivity index (χ0v) is 12.7. The Bertz CT molecular complexity index is 544. The first-order valence-electron chi connectivity index (χ1n) is 7.10. The normalized spacial score (nSPS) is 14.4. The van der Waals surface area contributed by atoms with Gasteiger partial charge in [0.25, 0.3) is 0 Å². The molecular formula is C15H19ClN2O3. The predicted octanol–water partition coefficient (Wildman–Crippen LogP) is 3.69. The second kappa shape index (κ2) is 6.80. The summed E-state index contributed by atoms with van der Waals surface area (Å²) >= 11 is 6.01. The molecule has 1 fully saturated rings. The second-order valence-corrected chi connectivity index (χ2v) is 5.67. The average Bonchev–Trinajstić information content (AvgIpc) is 2.39. The predicted molar refractivity (Wildman–Crippen MR) is 82.0 cm³/mol. The molecule has 6 heteroatoms. The molecule has 1 aromatic carbocycles. The highest BCUT2D eigenvalue weighted by atomic mass is 35.5. The highest BCUT2D eigenvalue weighted by Gasteiger charge is 2.23. The van der Waals surface area contributed by atoms with Crippen LogP contribution in [0, 0.1) is 5.92 Å². The molecule has 21 heavy (non-hydrogen) atoms. The van der Waals surface area contributed by atoms with Gasteiger partial charge >= 0.3 is 12.0 Å². The number of amides is 2. The standard InChI is InChI=1S/C15H19ClN2O3/c1-2-18(9-10-4-3-5-10)15(21)17-13-7-6-11(14(19)20)8-12(13)16/h6-8,10H,2-5,9H2,1H3,(H,17,21)(H,19,20). The maximum atomic E-state index is 12.2. The molecule has 0 aliphatic heterocycles. The number of urea groups is 1. The van der Waals surface area contributed by atoms with Crippen molar-refractivity contribution in [2.75, 3.05) is 18.4 Å². The van der Waals surface area contributed by atoms with Gasteiger partial charge in [0, 0.05) is 13.1 Å². The molecule has 0 radical (unpaired) electrons. The molecule has 1 aliphatic carbocycles. The summed E-state index contributed by atoms with van der Waals surface area (Å²) < 4.78 is 0. The van der Waals surface area contributed by atoms with Gasteiger partial charge in [0.15, 0.2) is 0 Å². The lowest BCUT2D eigenvalue weighted by atomic mass is 9.85. The van der Waals surface area contributed by atoms with Crippen LogP contribution in [0.4, 0.5) is 10.5 Å². The molecule has 5 nitrogen and oxygen atoms in total. The Hall–Kier alpha value is -1.75. The minimum Gasteiger partial charge on any atom is -0.478 e. The zero-order valence-electron chi connectivity index (χ0n) is 11.9. The largest absolute Gasteiger partial charge is 0.478 e. The molecule has 0 aromatic heterocycles. The molecule has 0 atom stereocenters. The Morgan fingerprint density at radius 1 is 1.43 bits per heavy atom. The van der Waals surface area contributed by atoms with Gasteiger partial charge in [0.1, 0.15) is 0 Å². The first-order chi connectivity index (χ1) is 10.0. The number of halogens is 1. The van der Waals surface area contributed by atoms with Crippen LogP contribution >= 0.6 is 11.6 Å². The van der Waals surface area contributed by atoms with Crippen molar-refractivity contribution in [3.05, 3.63) is 28.8 Å². The SMILES string of the molecule is CCN(CC1CCC1)C(=O)Nc1ccc(C(=O)O)cc1Cl. The van der Waals surface area contributed by atoms with Gasteiger partial charge in [0.05, 0.1) is 16.3 Å². The summed E-state index contributed by atoms with van der Waals surface area (Å²) in [5, 5.41) is 11.9. The van der Waals surface area contributed by atoms with Crippen LogP contribution in [0.1, 0.15) is 36.5 Å². The third kappa shape index (κ3) is 3.88. The van der Waals surface area contributed by atoms with E-state index in [1.165, 1.54) is 37.5 Å². The summed E-state index contributed by atoms with van der Waals surface area (Å²) in [6, 6.07) is 4.07. The first-order valence-corrected chi connectivity index (χ1v) is 7.47. The Kier molecular flexibility index (Phi) is 5.07. The molecule has 0 bridgehead atoms. The van der Waals surface area contributed by atoms with Crippen LogP contribution in [0.25, 0.3) is 0 Å². The third-order valence-corrected chi connectivity index (χ3v) is 4.14. The lowest BCUT2D eigenvalue weighted by Crippen LogP contribution is -2.39. The summed E-state index contributed by atoms with van der Waals surface area (Å²) in [5.74, 6) is -0.449. The van der Waals surface area contributed by atoms with Crippen LogP contribution in [0.3, 0.4) is 0 Å². The summed E-state index contributed by atoms with van der Waals surface area (Å²) in [6.07, 6.45) is 3.60. The minimum atomic E-state index is -1.05. The van der Waals surface area contributed by atoms with Crippen LogP contribution in [0.5, 0.6) is 0 Å². The van der Waals surface area contributed by atoms with E-state index in [0.29, 0.717) is 18.2 Å². The number of carboxylic acid groups (broad SMARTS) is 1. The number of aromatic carboxylic acids is 1. The number of anilines is 1. The number of nitrogens with zero attached hydrogens (tertiary/aromatic N) is 1. The van der Waals surface area contributed by atoms with Gasteiger partial charge < -0.3 is 15.3 Å². The Balaban J connectivity index is 2.01. The summed E-state index contributed by atoms with van der Waals surface area (Å²) in [4.78, 5) is 24.8. The van der Waals surface area contributed by atoms with E-state index in [4.69, 9.17) is 16.7 Å². The monoisotopic (exact) mass is 310 g/mol. The molecule has 0 spiro atoms. The van der Waals surface area contributed by atoms with Gasteiger partial charge in [-0.2, -0.15) is 0 Å². The molecule has 1 aromatic rings. The fraction of sp³-hybridized carbons (Fsp3) is 0.467. The average molecular weight is 311 g/mol. The van der Waals surface area contributed by atoms with Crippen molar-refractivity contribution >= 4 is 29.3 Å². The number of carboxylic acids is 1. The molecule has 1 aliphatic rings. The van der Waals surface area contributed by atoms with Crippen molar-refractivity contribution < 1.29 is 14.7 Å². The molecule has 2 amide bonds. The summed E-state index contributed by atoms with van der Waals surface area (Å²) in [6.45, 7) is 3.33. The number of hydrogen-bond acceptors (Lipinski definition) is 2. The van der Waals surface area contributed by atoms with Gasteiger partial charge in [-0.05, 0) is 43.9 Å². The molecule has 2 rings (SSSR count). The number of hydrogen-bond donors (Lipinski definition) is 2. The highest BCUT2D eigenvalue weighted by molar-refractivity contribution is 6.34. The molecule has 114 valence electrons. The Morgan fingerprint density at radius 3 is 2.62 bits per heavy atom. The fourth-order valence-electron chi connectivity index (χ4n) is 2.29. The highest BCUT2D eigenvalue weighted by Crippen LogP contribution is 2.28. The van der Waals surface area contributed by atoms with Crippen molar-refractivity contribution in [3.63, 3.8) is 0 Å². The molecule has 2 N–H and O–H groups in total. The molecule has 0 heterocycles. The van der Waals surface area contributed by atoms with Gasteiger partial charge in [-0.15, -0.1) is 0 Å². The number of carbonyl (C=O) groups excluding carboxylic acids is 1. The van der Waals surface area contributed by atoms with Crippen molar-refractivity contribution in [2.24, 2.45) is 5.92 Å². The van der Waals surface area contributed by atoms with Crippen LogP contribution < -0.4 is 5.32 Å². The maximum Gasteiger partial charge on any atom is 0.335 e. The van der Waals surface area contributed by atoms with Gasteiger partial charge in [0.2, 0.25) is 0 Å². The Labute approximate surface area is 128 Å². The number of benzene rings is 1. The minimum absolute atomic E-state index is 0.0971. The number of nitrogens with one attached hydrogen (secondary N) is 1. The molecule has 0 unspecified atom stereocenters. The van der Waals surface area contributed by atoms with Crippen LogP contribution in [0.15, 0.2) is 18.2 Å². The van der Waals surface area contributed by atoms with Gasteiger partial charge in [-0.3, -0.25) is 0 Å². The Morgan fingerprint density at radius 2 is 2.14 bits per heavy atom. The van der Waals surface area contributed by atoms with Crippen LogP contribution in [-0.4, -0.2) is 35.1 Å². The van der Waals surface area contributed by atoms with E-state index >= 15 is 0 Å². The number of rotatable bonds is 5. The third-order valence-electron chi connectivity index (χ3n) is 3.83. The van der Waals surface area contributed by atoms with Crippen molar-refractivity contribution in [3.8, 4) is 0 Å². The van der Waals surface area contributed by atoms with E-state index in [0.717, 1.165) is 6.54 Å². The van der Waals surface area contributed by atoms with Crippen LogP contribution in [0.2, 0.25) is 5.02 Å². The topological polar surface area (TPSA) is 69.6 Å². The molecular weight excluding hydrogens is 292 g/mol. The van der Waals surface area contributed by atoms with E-state index in [1.54, 1.807) is 4.90 Å². The summed E-state index contributed by atoms with van der Waals surface area (Å²) in [5.41, 5.74) is 0.526. The number of carbonyl (C=O) groups is 2. The second-order valence-electron chi connectivity index (χ2n) is 5.27. The van der Waals surface area contributed by atoms with Gasteiger partial charge in [-0.1, -0.05) is 18.0 Å². The van der Waals surface area contributed by atoms with E-state index in [-0.39, 0.29) is 16.6 Å². The first kappa shape index (κ1) is 15.6.